The molecule has 3 aromatic rings. The van der Waals surface area contributed by atoms with Gasteiger partial charge in [0.15, 0.2) is 6.10 Å². The molecule has 5 rings (SSSR count). The summed E-state index contributed by atoms with van der Waals surface area (Å²) < 4.78 is 36.9. The van der Waals surface area contributed by atoms with E-state index in [1.54, 1.807) is 41.2 Å². The minimum absolute atomic E-state index is 0.0353. The number of halogens is 2. The van der Waals surface area contributed by atoms with Crippen molar-refractivity contribution in [3.8, 4) is 5.75 Å². The van der Waals surface area contributed by atoms with E-state index in [0.717, 1.165) is 62.7 Å². The number of unbranched alkanes of at least 4 members (excludes halogenated alkanes) is 3. The molecule has 0 unspecified atom stereocenters. The van der Waals surface area contributed by atoms with Gasteiger partial charge in [-0.1, -0.05) is 41.3 Å². The number of carbonyl (C=O) groups is 1. The molecule has 0 saturated carbocycles. The first-order valence-corrected chi connectivity index (χ1v) is 18.9. The van der Waals surface area contributed by atoms with Crippen molar-refractivity contribution in [3.05, 3.63) is 69.5 Å². The number of aliphatic hydroxyl groups excluding tert-OH is 2. The highest BCUT2D eigenvalue weighted by molar-refractivity contribution is 7.89. The Balaban J connectivity index is 1.06. The molecular formula is C33H45Cl2N7O6S. The summed E-state index contributed by atoms with van der Waals surface area (Å²) in [5.41, 5.74) is 8.80. The zero-order chi connectivity index (χ0) is 35.1. The van der Waals surface area contributed by atoms with Crippen LogP contribution in [0.15, 0.2) is 47.5 Å². The molecule has 1 aliphatic carbocycles. The standard InChI is InChI=1S/C33H45Cl2N7O6S/c1-21(43)31(44)33(45)37-18-24-20-42(40-39-24)14-5-3-2-4-12-38-49(46,47)26-10-8-25(9-11-26)48-32-28-15-22(34)16-29(35)27(28)17-30(32)41-13-6-7-23(36)19-41/h8-11,15-16,20-21,23,30-32,38,43-44H,2-7,12-14,17-19,36H2,1H3,(H,37,45)/t21-,23+,30-,31+,32-/m0/s1. The normalized spacial score (nSPS) is 20.9. The summed E-state index contributed by atoms with van der Waals surface area (Å²) >= 11 is 13.0. The first-order chi connectivity index (χ1) is 23.4. The second kappa shape index (κ2) is 16.9. The van der Waals surface area contributed by atoms with E-state index in [1.165, 1.54) is 6.92 Å². The molecule has 1 fully saturated rings. The van der Waals surface area contributed by atoms with Gasteiger partial charge in [0.05, 0.1) is 29.8 Å². The molecule has 0 radical (unpaired) electrons. The van der Waals surface area contributed by atoms with E-state index < -0.39 is 28.1 Å². The highest BCUT2D eigenvalue weighted by Crippen LogP contribution is 2.43. The third-order valence-electron chi connectivity index (χ3n) is 8.98. The number of fused-ring (bicyclic) bond motifs is 1. The molecule has 1 saturated heterocycles. The number of nitrogens with two attached hydrogens (primary N) is 1. The maximum Gasteiger partial charge on any atom is 0.251 e. The zero-order valence-corrected chi connectivity index (χ0v) is 29.8. The molecule has 49 heavy (non-hydrogen) atoms. The van der Waals surface area contributed by atoms with Gasteiger partial charge in [-0.3, -0.25) is 14.4 Å². The Hall–Kier alpha value is -2.82. The average molecular weight is 739 g/mol. The van der Waals surface area contributed by atoms with Gasteiger partial charge in [0, 0.05) is 41.3 Å². The fourth-order valence-electron chi connectivity index (χ4n) is 6.34. The SMILES string of the molecule is C[C@H](O)[C@@H](O)C(=O)NCc1cn(CCCCCCNS(=O)(=O)c2ccc(O[C@H]3c4cc(Cl)cc(Cl)c4C[C@@H]3N3CCC[C@@H](N)C3)cc2)nn1. The molecule has 5 atom stereocenters. The Morgan fingerprint density at radius 3 is 2.63 bits per heavy atom. The Morgan fingerprint density at radius 2 is 1.90 bits per heavy atom. The summed E-state index contributed by atoms with van der Waals surface area (Å²) in [7, 11) is -3.70. The summed E-state index contributed by atoms with van der Waals surface area (Å²) in [4.78, 5) is 14.3. The van der Waals surface area contributed by atoms with Crippen LogP contribution >= 0.6 is 23.2 Å². The number of amides is 1. The predicted molar refractivity (Wildman–Crippen MR) is 186 cm³/mol. The van der Waals surface area contributed by atoms with E-state index in [9.17, 15) is 23.4 Å². The third kappa shape index (κ3) is 9.91. The number of benzene rings is 2. The minimum Gasteiger partial charge on any atom is -0.484 e. The van der Waals surface area contributed by atoms with Crippen molar-refractivity contribution in [2.24, 2.45) is 5.73 Å². The lowest BCUT2D eigenvalue weighted by molar-refractivity contribution is -0.134. The number of ether oxygens (including phenoxy) is 1. The minimum atomic E-state index is -3.70. The van der Waals surface area contributed by atoms with Gasteiger partial charge in [0.25, 0.3) is 5.91 Å². The van der Waals surface area contributed by atoms with Gasteiger partial charge in [-0.05, 0) is 87.5 Å². The number of aliphatic hydroxyl groups is 2. The highest BCUT2D eigenvalue weighted by Gasteiger charge is 2.40. The Bertz CT molecular complexity index is 1670. The molecule has 6 N–H and O–H groups in total. The van der Waals surface area contributed by atoms with E-state index in [4.69, 9.17) is 33.7 Å². The van der Waals surface area contributed by atoms with Crippen LogP contribution in [0.4, 0.5) is 0 Å². The van der Waals surface area contributed by atoms with Gasteiger partial charge in [-0.25, -0.2) is 13.1 Å². The number of sulfonamides is 1. The monoisotopic (exact) mass is 737 g/mol. The number of hydrogen-bond acceptors (Lipinski definition) is 10. The van der Waals surface area contributed by atoms with Gasteiger partial charge in [-0.15, -0.1) is 5.10 Å². The van der Waals surface area contributed by atoms with E-state index in [2.05, 4.69) is 25.3 Å². The Morgan fingerprint density at radius 1 is 1.14 bits per heavy atom. The number of rotatable bonds is 16. The smallest absolute Gasteiger partial charge is 0.251 e. The van der Waals surface area contributed by atoms with Crippen LogP contribution in [0.2, 0.25) is 10.0 Å². The molecular weight excluding hydrogens is 693 g/mol. The van der Waals surface area contributed by atoms with Crippen molar-refractivity contribution in [3.63, 3.8) is 0 Å². The molecule has 2 aromatic carbocycles. The molecule has 13 nitrogen and oxygen atoms in total. The quantitative estimate of drug-likeness (QED) is 0.137. The van der Waals surface area contributed by atoms with Crippen LogP contribution in [0.5, 0.6) is 5.75 Å². The first kappa shape index (κ1) is 37.4. The molecule has 0 bridgehead atoms. The van der Waals surface area contributed by atoms with E-state index >= 15 is 0 Å². The molecule has 1 aromatic heterocycles. The summed E-state index contributed by atoms with van der Waals surface area (Å²) in [6, 6.07) is 10.3. The topological polar surface area (TPSA) is 185 Å². The van der Waals surface area contributed by atoms with Gasteiger partial charge >= 0.3 is 0 Å². The molecule has 16 heteroatoms. The lowest BCUT2D eigenvalue weighted by atomic mass is 10.0. The van der Waals surface area contributed by atoms with Gasteiger partial charge in [0.1, 0.15) is 17.5 Å². The molecule has 0 spiro atoms. The molecule has 1 amide bonds. The van der Waals surface area contributed by atoms with Crippen LogP contribution in [-0.4, -0.2) is 88.4 Å². The van der Waals surface area contributed by atoms with Crippen molar-refractivity contribution in [2.45, 2.75) is 100 Å². The zero-order valence-electron chi connectivity index (χ0n) is 27.5. The average Bonchev–Trinajstić information content (AvgIpc) is 3.67. The van der Waals surface area contributed by atoms with Crippen LogP contribution < -0.4 is 20.5 Å². The van der Waals surface area contributed by atoms with E-state index in [0.29, 0.717) is 41.0 Å². The lowest BCUT2D eigenvalue weighted by Gasteiger charge is -2.38. The van der Waals surface area contributed by atoms with Gasteiger partial charge in [0.2, 0.25) is 10.0 Å². The maximum absolute atomic E-state index is 13.0. The van der Waals surface area contributed by atoms with Crippen LogP contribution in [0.25, 0.3) is 0 Å². The number of aromatic nitrogens is 3. The summed E-state index contributed by atoms with van der Waals surface area (Å²) in [6.45, 7) is 4.05. The number of aryl methyl sites for hydroxylation is 1. The molecule has 2 heterocycles. The third-order valence-corrected chi connectivity index (χ3v) is 11.0. The van der Waals surface area contributed by atoms with Gasteiger partial charge < -0.3 is 26.0 Å². The van der Waals surface area contributed by atoms with Gasteiger partial charge in [-0.2, -0.15) is 0 Å². The first-order valence-electron chi connectivity index (χ1n) is 16.7. The number of piperidine rings is 1. The molecule has 1 aliphatic heterocycles. The number of nitrogens with one attached hydrogen (secondary N) is 2. The molecule has 268 valence electrons. The number of hydrogen-bond donors (Lipinski definition) is 5. The van der Waals surface area contributed by atoms with Crippen LogP contribution in [0.3, 0.4) is 0 Å². The number of likely N-dealkylation sites (tertiary alicyclic amines) is 1. The fourth-order valence-corrected chi connectivity index (χ4v) is 8.00. The van der Waals surface area contributed by atoms with Crippen molar-refractivity contribution in [1.29, 1.82) is 0 Å². The van der Waals surface area contributed by atoms with Crippen molar-refractivity contribution >= 4 is 39.1 Å². The summed E-state index contributed by atoms with van der Waals surface area (Å²) in [6.07, 6.45) is 4.63. The fraction of sp³-hybridized carbons (Fsp3) is 0.545. The van der Waals surface area contributed by atoms with Crippen LogP contribution in [-0.2, 0) is 34.3 Å². The second-order valence-corrected chi connectivity index (χ2v) is 15.4. The second-order valence-electron chi connectivity index (χ2n) is 12.8. The van der Waals surface area contributed by atoms with Crippen molar-refractivity contribution in [1.82, 2.24) is 29.9 Å². The summed E-state index contributed by atoms with van der Waals surface area (Å²) in [5.74, 6) is -0.125. The Kier molecular flexibility index (Phi) is 12.9. The van der Waals surface area contributed by atoms with Crippen LogP contribution in [0.1, 0.15) is 68.4 Å². The number of carbonyl (C=O) groups excluding carboxylic acids is 1. The van der Waals surface area contributed by atoms with Crippen molar-refractivity contribution < 1.29 is 28.2 Å². The maximum atomic E-state index is 13.0. The van der Waals surface area contributed by atoms with E-state index in [-0.39, 0.29) is 29.6 Å². The largest absolute Gasteiger partial charge is 0.484 e. The number of nitrogens with zero attached hydrogens (tertiary/aromatic N) is 4. The molecule has 2 aliphatic rings. The van der Waals surface area contributed by atoms with Crippen LogP contribution in [0, 0.1) is 0 Å². The predicted octanol–water partition coefficient (Wildman–Crippen LogP) is 2.95. The lowest BCUT2D eigenvalue weighted by Crippen LogP contribution is -2.49. The highest BCUT2D eigenvalue weighted by atomic mass is 35.5. The summed E-state index contributed by atoms with van der Waals surface area (Å²) in [5, 5.41) is 30.6. The van der Waals surface area contributed by atoms with E-state index in [1.807, 2.05) is 6.07 Å². The Labute approximate surface area is 297 Å². The van der Waals surface area contributed by atoms with Crippen molar-refractivity contribution in [2.75, 3.05) is 19.6 Å².